The predicted octanol–water partition coefficient (Wildman–Crippen LogP) is 1.70. The van der Waals surface area contributed by atoms with Crippen molar-refractivity contribution in [3.05, 3.63) is 4.88 Å². The Balaban J connectivity index is 2.60. The van der Waals surface area contributed by atoms with E-state index in [2.05, 4.69) is 15.6 Å². The quantitative estimate of drug-likeness (QED) is 0.693. The summed E-state index contributed by atoms with van der Waals surface area (Å²) < 4.78 is 5.15. The molecule has 1 heterocycles. The van der Waals surface area contributed by atoms with Crippen LogP contribution in [0, 0.1) is 0 Å². The summed E-state index contributed by atoms with van der Waals surface area (Å²) in [7, 11) is 0. The van der Waals surface area contributed by atoms with Gasteiger partial charge in [-0.1, -0.05) is 11.3 Å². The van der Waals surface area contributed by atoms with Crippen molar-refractivity contribution in [2.24, 2.45) is 0 Å². The smallest absolute Gasteiger partial charge is 0.265 e. The van der Waals surface area contributed by atoms with E-state index < -0.39 is 0 Å². The van der Waals surface area contributed by atoms with Gasteiger partial charge < -0.3 is 21.1 Å². The molecule has 0 aliphatic heterocycles. The van der Waals surface area contributed by atoms with E-state index in [-0.39, 0.29) is 17.3 Å². The van der Waals surface area contributed by atoms with Gasteiger partial charge in [-0.05, 0) is 27.7 Å². The normalized spacial score (nSPS) is 11.4. The molecule has 6 nitrogen and oxygen atoms in total. The summed E-state index contributed by atoms with van der Waals surface area (Å²) in [6.45, 7) is 9.57. The highest BCUT2D eigenvalue weighted by molar-refractivity contribution is 7.18. The van der Waals surface area contributed by atoms with Gasteiger partial charge in [-0.25, -0.2) is 4.98 Å². The first-order valence-electron chi connectivity index (χ1n) is 6.24. The van der Waals surface area contributed by atoms with Gasteiger partial charge in [-0.3, -0.25) is 4.79 Å². The van der Waals surface area contributed by atoms with Crippen LogP contribution >= 0.6 is 11.3 Å². The summed E-state index contributed by atoms with van der Waals surface area (Å²) in [6.07, 6.45) is 0. The van der Waals surface area contributed by atoms with Crippen LogP contribution in [0.15, 0.2) is 0 Å². The van der Waals surface area contributed by atoms with Gasteiger partial charge in [-0.2, -0.15) is 0 Å². The minimum atomic E-state index is -0.211. The van der Waals surface area contributed by atoms with Gasteiger partial charge in [0.15, 0.2) is 5.13 Å². The predicted molar refractivity (Wildman–Crippen MR) is 78.7 cm³/mol. The van der Waals surface area contributed by atoms with Crippen molar-refractivity contribution in [2.75, 3.05) is 30.8 Å². The first kappa shape index (κ1) is 15.7. The summed E-state index contributed by atoms with van der Waals surface area (Å²) in [6, 6.07) is 0. The number of anilines is 2. The number of hydrogen-bond donors (Lipinski definition) is 3. The van der Waals surface area contributed by atoms with Crippen LogP contribution in [0.1, 0.15) is 37.4 Å². The standard InChI is InChI=1S/C12H22N4O2S/c1-5-18-7-6-14-10(17)8-9(13)15-11(19-8)16-12(2,3)4/h5-7,13H2,1-4H3,(H,14,17)(H,15,16). The van der Waals surface area contributed by atoms with E-state index >= 15 is 0 Å². The molecule has 0 radical (unpaired) electrons. The number of rotatable bonds is 6. The average molecular weight is 286 g/mol. The SMILES string of the molecule is CCOCCNC(=O)c1sc(NC(C)(C)C)nc1N. The summed E-state index contributed by atoms with van der Waals surface area (Å²) >= 11 is 1.26. The first-order valence-corrected chi connectivity index (χ1v) is 7.05. The maximum absolute atomic E-state index is 11.9. The zero-order valence-electron chi connectivity index (χ0n) is 11.9. The van der Waals surface area contributed by atoms with Gasteiger partial charge >= 0.3 is 0 Å². The molecule has 0 spiro atoms. The molecule has 108 valence electrons. The monoisotopic (exact) mass is 286 g/mol. The highest BCUT2D eigenvalue weighted by Gasteiger charge is 2.18. The molecule has 0 aromatic carbocycles. The third-order valence-electron chi connectivity index (χ3n) is 2.08. The lowest BCUT2D eigenvalue weighted by molar-refractivity contribution is 0.0927. The van der Waals surface area contributed by atoms with E-state index in [1.807, 2.05) is 27.7 Å². The Bertz CT molecular complexity index is 426. The number of carbonyl (C=O) groups excluding carboxylic acids is 1. The maximum atomic E-state index is 11.9. The number of thiazole rings is 1. The molecule has 7 heteroatoms. The third-order valence-corrected chi connectivity index (χ3v) is 3.06. The molecule has 19 heavy (non-hydrogen) atoms. The largest absolute Gasteiger partial charge is 0.382 e. The maximum Gasteiger partial charge on any atom is 0.265 e. The van der Waals surface area contributed by atoms with E-state index in [1.54, 1.807) is 0 Å². The molecule has 0 unspecified atom stereocenters. The van der Waals surface area contributed by atoms with Crippen molar-refractivity contribution in [1.29, 1.82) is 0 Å². The van der Waals surface area contributed by atoms with Crippen LogP contribution in [-0.4, -0.2) is 36.2 Å². The molecule has 0 saturated carbocycles. The van der Waals surface area contributed by atoms with Crippen LogP contribution in [-0.2, 0) is 4.74 Å². The number of nitrogens with zero attached hydrogens (tertiary/aromatic N) is 1. The second kappa shape index (κ2) is 6.72. The Hall–Kier alpha value is -1.34. The fraction of sp³-hybridized carbons (Fsp3) is 0.667. The molecule has 0 aliphatic carbocycles. The Morgan fingerprint density at radius 3 is 2.74 bits per heavy atom. The van der Waals surface area contributed by atoms with Crippen molar-refractivity contribution >= 4 is 28.2 Å². The number of nitrogens with one attached hydrogen (secondary N) is 2. The topological polar surface area (TPSA) is 89.3 Å². The molecule has 1 amide bonds. The van der Waals surface area contributed by atoms with Crippen molar-refractivity contribution < 1.29 is 9.53 Å². The summed E-state index contributed by atoms with van der Waals surface area (Å²) in [5, 5.41) is 6.60. The fourth-order valence-corrected chi connectivity index (χ4v) is 2.34. The van der Waals surface area contributed by atoms with E-state index in [4.69, 9.17) is 10.5 Å². The van der Waals surface area contributed by atoms with Crippen molar-refractivity contribution in [3.63, 3.8) is 0 Å². The Morgan fingerprint density at radius 2 is 2.16 bits per heavy atom. The highest BCUT2D eigenvalue weighted by Crippen LogP contribution is 2.26. The summed E-state index contributed by atoms with van der Waals surface area (Å²) in [4.78, 5) is 16.5. The molecular weight excluding hydrogens is 264 g/mol. The van der Waals surface area contributed by atoms with Crippen LogP contribution in [0.3, 0.4) is 0 Å². The molecule has 1 rings (SSSR count). The minimum Gasteiger partial charge on any atom is -0.382 e. The number of aromatic nitrogens is 1. The molecule has 0 atom stereocenters. The van der Waals surface area contributed by atoms with Gasteiger partial charge in [0.25, 0.3) is 5.91 Å². The van der Waals surface area contributed by atoms with Crippen LogP contribution < -0.4 is 16.4 Å². The molecule has 1 aromatic rings. The molecule has 0 aliphatic rings. The number of nitrogen functional groups attached to an aromatic ring is 1. The van der Waals surface area contributed by atoms with Crippen molar-refractivity contribution in [2.45, 2.75) is 33.2 Å². The fourth-order valence-electron chi connectivity index (χ4n) is 1.33. The van der Waals surface area contributed by atoms with Gasteiger partial charge in [0.05, 0.1) is 6.61 Å². The van der Waals surface area contributed by atoms with Crippen molar-refractivity contribution in [1.82, 2.24) is 10.3 Å². The number of amides is 1. The lowest BCUT2D eigenvalue weighted by atomic mass is 10.1. The number of ether oxygens (including phenoxy) is 1. The van der Waals surface area contributed by atoms with Crippen LogP contribution in [0.25, 0.3) is 0 Å². The van der Waals surface area contributed by atoms with Gasteiger partial charge in [0.2, 0.25) is 0 Å². The van der Waals surface area contributed by atoms with Crippen LogP contribution in [0.4, 0.5) is 10.9 Å². The molecule has 1 aromatic heterocycles. The molecular formula is C12H22N4O2S. The second-order valence-electron chi connectivity index (χ2n) is 5.06. The van der Waals surface area contributed by atoms with Gasteiger partial charge in [0, 0.05) is 18.7 Å². The van der Waals surface area contributed by atoms with Gasteiger partial charge in [0.1, 0.15) is 10.7 Å². The number of nitrogens with two attached hydrogens (primary N) is 1. The zero-order valence-corrected chi connectivity index (χ0v) is 12.7. The third kappa shape index (κ3) is 5.44. The summed E-state index contributed by atoms with van der Waals surface area (Å²) in [5.74, 6) is 0.0438. The molecule has 0 bridgehead atoms. The number of hydrogen-bond acceptors (Lipinski definition) is 6. The van der Waals surface area contributed by atoms with Crippen LogP contribution in [0.5, 0.6) is 0 Å². The van der Waals surface area contributed by atoms with E-state index in [0.717, 1.165) is 0 Å². The van der Waals surface area contributed by atoms with Crippen LogP contribution in [0.2, 0.25) is 0 Å². The van der Waals surface area contributed by atoms with E-state index in [0.29, 0.717) is 29.8 Å². The Morgan fingerprint density at radius 1 is 1.47 bits per heavy atom. The minimum absolute atomic E-state index is 0.118. The highest BCUT2D eigenvalue weighted by atomic mass is 32.1. The Labute approximate surface area is 117 Å². The van der Waals surface area contributed by atoms with Gasteiger partial charge in [-0.15, -0.1) is 0 Å². The lowest BCUT2D eigenvalue weighted by Gasteiger charge is -2.19. The Kier molecular flexibility index (Phi) is 5.56. The first-order chi connectivity index (χ1) is 8.83. The van der Waals surface area contributed by atoms with Crippen molar-refractivity contribution in [3.8, 4) is 0 Å². The number of carbonyl (C=O) groups is 1. The zero-order chi connectivity index (χ0) is 14.5. The second-order valence-corrected chi connectivity index (χ2v) is 6.06. The molecule has 0 fully saturated rings. The van der Waals surface area contributed by atoms with E-state index in [1.165, 1.54) is 11.3 Å². The summed E-state index contributed by atoms with van der Waals surface area (Å²) in [5.41, 5.74) is 5.64. The molecule has 0 saturated heterocycles. The van der Waals surface area contributed by atoms with E-state index in [9.17, 15) is 4.79 Å². The average Bonchev–Trinajstić information content (AvgIpc) is 2.63. The molecule has 4 N–H and O–H groups in total. The lowest BCUT2D eigenvalue weighted by Crippen LogP contribution is -2.27.